The maximum absolute atomic E-state index is 11.7. The Hall–Kier alpha value is -3.64. The number of fused-ring (bicyclic) bond motifs is 2. The molecule has 4 aromatic rings. The Bertz CT molecular complexity index is 1440. The van der Waals surface area contributed by atoms with Crippen molar-refractivity contribution in [2.45, 2.75) is 39.0 Å². The van der Waals surface area contributed by atoms with Crippen molar-refractivity contribution < 1.29 is 17.2 Å². The van der Waals surface area contributed by atoms with E-state index in [1.165, 1.54) is 4.40 Å². The van der Waals surface area contributed by atoms with Crippen LogP contribution in [0.4, 0.5) is 0 Å². The molecule has 0 spiro atoms. The third kappa shape index (κ3) is 4.97. The maximum Gasteiger partial charge on any atom is 0.448 e. The van der Waals surface area contributed by atoms with Gasteiger partial charge >= 0.3 is 10.4 Å². The zero-order chi connectivity index (χ0) is 24.5. The van der Waals surface area contributed by atoms with Crippen LogP contribution in [0, 0.1) is 0 Å². The molecular weight excluding hydrogens is 458 g/mol. The summed E-state index contributed by atoms with van der Waals surface area (Å²) in [6.07, 6.45) is 3.42. The molecular formula is C22H27N7O4S. The Kier molecular flexibility index (Phi) is 6.44. The third-order valence-electron chi connectivity index (χ3n) is 5.59. The minimum atomic E-state index is -4.78. The quantitative estimate of drug-likeness (QED) is 0.121. The second kappa shape index (κ2) is 9.31. The minimum absolute atomic E-state index is 0.00800. The van der Waals surface area contributed by atoms with Crippen LogP contribution in [-0.2, 0) is 16.8 Å². The first kappa shape index (κ1) is 23.5. The lowest BCUT2D eigenvalue weighted by molar-refractivity contribution is 0.376. The van der Waals surface area contributed by atoms with Gasteiger partial charge in [0.1, 0.15) is 11.4 Å². The van der Waals surface area contributed by atoms with E-state index in [2.05, 4.69) is 15.0 Å². The van der Waals surface area contributed by atoms with Crippen LogP contribution in [0.5, 0.6) is 5.88 Å². The average Bonchev–Trinajstić information content (AvgIpc) is 3.37. The van der Waals surface area contributed by atoms with Crippen LogP contribution in [0.2, 0.25) is 0 Å². The molecule has 6 N–H and O–H groups in total. The van der Waals surface area contributed by atoms with Gasteiger partial charge in [-0.2, -0.15) is 8.42 Å². The minimum Gasteiger partial charge on any atom is -0.370 e. The molecule has 11 nitrogen and oxygen atoms in total. The summed E-state index contributed by atoms with van der Waals surface area (Å²) in [6.45, 7) is 4.26. The van der Waals surface area contributed by atoms with Gasteiger partial charge in [0.25, 0.3) is 0 Å². The van der Waals surface area contributed by atoms with Gasteiger partial charge in [0, 0.05) is 29.6 Å². The van der Waals surface area contributed by atoms with Crippen molar-refractivity contribution in [1.29, 1.82) is 0 Å². The molecule has 0 amide bonds. The van der Waals surface area contributed by atoms with Crippen molar-refractivity contribution in [2.24, 2.45) is 16.5 Å². The lowest BCUT2D eigenvalue weighted by atomic mass is 10.1. The molecule has 3 heterocycles. The fourth-order valence-electron chi connectivity index (χ4n) is 3.77. The number of nitrogens with zero attached hydrogens (tertiary/aromatic N) is 4. The van der Waals surface area contributed by atoms with Crippen LogP contribution in [0.25, 0.3) is 27.9 Å². The molecule has 0 aliphatic rings. The highest BCUT2D eigenvalue weighted by Crippen LogP contribution is 2.33. The molecule has 3 aromatic heterocycles. The van der Waals surface area contributed by atoms with Crippen LogP contribution >= 0.6 is 0 Å². The molecule has 0 radical (unpaired) electrons. The van der Waals surface area contributed by atoms with Crippen LogP contribution in [0.15, 0.2) is 41.5 Å². The summed E-state index contributed by atoms with van der Waals surface area (Å²) in [5.74, 6) is -0.173. The zero-order valence-electron chi connectivity index (χ0n) is 18.9. The summed E-state index contributed by atoms with van der Waals surface area (Å²) in [5, 5.41) is 1.01. The second-order valence-electron chi connectivity index (χ2n) is 8.07. The molecule has 4 rings (SSSR count). The number of guanidine groups is 1. The number of imidazole rings is 1. The van der Waals surface area contributed by atoms with Crippen molar-refractivity contribution in [2.75, 3.05) is 6.54 Å². The number of nitrogens with two attached hydrogens (primary N) is 2. The summed E-state index contributed by atoms with van der Waals surface area (Å²) in [4.78, 5) is 16.8. The van der Waals surface area contributed by atoms with Crippen molar-refractivity contribution in [1.82, 2.24) is 19.4 Å². The van der Waals surface area contributed by atoms with Crippen molar-refractivity contribution in [3.8, 4) is 17.3 Å². The number of aromatic amines is 1. The number of hydrogen-bond acceptors (Lipinski definition) is 6. The SMILES string of the molecule is CC[C@H](C)c1nc2c(CCCN=C(N)N)nc(-c3cc4ccccc4[nH]3)cn2c1OS(=O)(=O)O. The number of H-pyrrole nitrogens is 1. The predicted octanol–water partition coefficient (Wildman–Crippen LogP) is 2.78. The zero-order valence-corrected chi connectivity index (χ0v) is 19.7. The second-order valence-corrected chi connectivity index (χ2v) is 9.09. The first-order valence-corrected chi connectivity index (χ1v) is 12.2. The van der Waals surface area contributed by atoms with Crippen LogP contribution in [-0.4, -0.2) is 44.8 Å². The number of aliphatic imine (C=N–C) groups is 1. The van der Waals surface area contributed by atoms with E-state index < -0.39 is 10.4 Å². The summed E-state index contributed by atoms with van der Waals surface area (Å²) >= 11 is 0. The number of para-hydroxylation sites is 1. The summed E-state index contributed by atoms with van der Waals surface area (Å²) in [6, 6.07) is 9.77. The van der Waals surface area contributed by atoms with Crippen molar-refractivity contribution >= 4 is 32.9 Å². The Labute approximate surface area is 196 Å². The maximum atomic E-state index is 11.7. The molecule has 0 saturated heterocycles. The lowest BCUT2D eigenvalue weighted by Gasteiger charge is -2.09. The van der Waals surface area contributed by atoms with Gasteiger partial charge in [-0.1, -0.05) is 32.0 Å². The molecule has 34 heavy (non-hydrogen) atoms. The monoisotopic (exact) mass is 485 g/mol. The summed E-state index contributed by atoms with van der Waals surface area (Å²) in [7, 11) is -4.78. The summed E-state index contributed by atoms with van der Waals surface area (Å²) < 4.78 is 39.3. The first-order chi connectivity index (χ1) is 16.2. The van der Waals surface area contributed by atoms with E-state index in [9.17, 15) is 13.0 Å². The smallest absolute Gasteiger partial charge is 0.370 e. The largest absolute Gasteiger partial charge is 0.448 e. The van der Waals surface area contributed by atoms with Gasteiger partial charge in [-0.25, -0.2) is 9.97 Å². The van der Waals surface area contributed by atoms with Crippen LogP contribution < -0.4 is 15.7 Å². The van der Waals surface area contributed by atoms with E-state index >= 15 is 0 Å². The fraction of sp³-hybridized carbons (Fsp3) is 0.318. The number of hydrogen-bond donors (Lipinski definition) is 4. The molecule has 0 fully saturated rings. The third-order valence-corrected chi connectivity index (χ3v) is 5.96. The van der Waals surface area contributed by atoms with E-state index in [1.54, 1.807) is 6.20 Å². The van der Waals surface area contributed by atoms with Crippen LogP contribution in [0.3, 0.4) is 0 Å². The molecule has 1 atom stereocenters. The highest BCUT2D eigenvalue weighted by molar-refractivity contribution is 7.81. The normalized spacial score (nSPS) is 12.8. The van der Waals surface area contributed by atoms with Gasteiger partial charge in [0.05, 0.1) is 11.4 Å². The van der Waals surface area contributed by atoms with Gasteiger partial charge in [0.2, 0.25) is 5.88 Å². The standard InChI is InChI=1S/C22H27N7O4S/c1-3-13(2)19-21(33-34(30,31)32)29-12-18(17-11-14-7-4-5-8-15(14)26-17)27-16(20(29)28-19)9-6-10-25-22(23)24/h4-5,7-8,11-13,26H,3,6,9-10H2,1-2H3,(H4,23,24,25)(H,30,31,32)/t13-/m0/s1. The van der Waals surface area contributed by atoms with E-state index in [4.69, 9.17) is 20.6 Å². The highest BCUT2D eigenvalue weighted by atomic mass is 32.3. The van der Waals surface area contributed by atoms with E-state index in [0.29, 0.717) is 48.5 Å². The van der Waals surface area contributed by atoms with Gasteiger partial charge < -0.3 is 20.6 Å². The molecule has 12 heteroatoms. The summed E-state index contributed by atoms with van der Waals surface area (Å²) in [5.41, 5.74) is 14.6. The first-order valence-electron chi connectivity index (χ1n) is 10.9. The fourth-order valence-corrected chi connectivity index (χ4v) is 4.13. The Morgan fingerprint density at radius 1 is 1.29 bits per heavy atom. The molecule has 1 aromatic carbocycles. The number of aromatic nitrogens is 4. The highest BCUT2D eigenvalue weighted by Gasteiger charge is 2.25. The molecule has 0 aliphatic carbocycles. The lowest BCUT2D eigenvalue weighted by Crippen LogP contribution is -2.23. The number of nitrogens with one attached hydrogen (secondary N) is 1. The molecule has 0 aliphatic heterocycles. The van der Waals surface area contributed by atoms with Crippen molar-refractivity contribution in [3.63, 3.8) is 0 Å². The number of aryl methyl sites for hydroxylation is 1. The average molecular weight is 486 g/mol. The number of rotatable bonds is 9. The van der Waals surface area contributed by atoms with Gasteiger partial charge in [0.15, 0.2) is 11.6 Å². The van der Waals surface area contributed by atoms with E-state index in [1.807, 2.05) is 44.2 Å². The van der Waals surface area contributed by atoms with E-state index in [0.717, 1.165) is 16.6 Å². The Balaban J connectivity index is 1.91. The van der Waals surface area contributed by atoms with Gasteiger partial charge in [-0.3, -0.25) is 13.9 Å². The van der Waals surface area contributed by atoms with Crippen molar-refractivity contribution in [3.05, 3.63) is 47.9 Å². The Morgan fingerprint density at radius 3 is 2.74 bits per heavy atom. The topological polar surface area (TPSA) is 174 Å². The molecule has 0 saturated carbocycles. The van der Waals surface area contributed by atoms with Crippen LogP contribution in [0.1, 0.15) is 44.0 Å². The Morgan fingerprint density at radius 2 is 2.06 bits per heavy atom. The van der Waals surface area contributed by atoms with E-state index in [-0.39, 0.29) is 17.8 Å². The van der Waals surface area contributed by atoms with Gasteiger partial charge in [-0.05, 0) is 31.4 Å². The molecule has 0 bridgehead atoms. The number of benzene rings is 1. The predicted molar refractivity (Wildman–Crippen MR) is 130 cm³/mol. The molecule has 180 valence electrons. The van der Waals surface area contributed by atoms with Gasteiger partial charge in [-0.15, -0.1) is 0 Å². The molecule has 0 unspecified atom stereocenters.